The van der Waals surface area contributed by atoms with Crippen molar-refractivity contribution in [2.24, 2.45) is 0 Å². The predicted molar refractivity (Wildman–Crippen MR) is 83.3 cm³/mol. The molecule has 0 spiro atoms. The van der Waals surface area contributed by atoms with Crippen LogP contribution in [-0.4, -0.2) is 30.7 Å². The van der Waals surface area contributed by atoms with Crippen molar-refractivity contribution in [2.75, 3.05) is 13.1 Å². The van der Waals surface area contributed by atoms with Crippen LogP contribution in [0, 0.1) is 0 Å². The van der Waals surface area contributed by atoms with Gasteiger partial charge < -0.3 is 9.64 Å². The molecule has 2 aromatic carbocycles. The van der Waals surface area contributed by atoms with Gasteiger partial charge in [0, 0.05) is 24.6 Å². The number of rotatable bonds is 5. The molecule has 2 aromatic rings. The number of nitrogens with zero attached hydrogens (tertiary/aromatic N) is 1. The van der Waals surface area contributed by atoms with E-state index in [2.05, 4.69) is 0 Å². The lowest BCUT2D eigenvalue weighted by molar-refractivity contribution is -0.117. The van der Waals surface area contributed by atoms with Crippen LogP contribution in [0.25, 0.3) is 0 Å². The summed E-state index contributed by atoms with van der Waals surface area (Å²) in [6.07, 6.45) is 2.61. The van der Waals surface area contributed by atoms with E-state index in [0.29, 0.717) is 17.9 Å². The van der Waals surface area contributed by atoms with Crippen molar-refractivity contribution < 1.29 is 14.3 Å². The molecule has 1 amide bonds. The number of carbonyl (C=O) groups excluding carboxylic acids is 2. The van der Waals surface area contributed by atoms with Gasteiger partial charge in [0.05, 0.1) is 0 Å². The molecule has 0 radical (unpaired) electrons. The zero-order valence-corrected chi connectivity index (χ0v) is 12.1. The van der Waals surface area contributed by atoms with Crippen LogP contribution in [0.3, 0.4) is 0 Å². The Bertz CT molecular complexity index is 669. The van der Waals surface area contributed by atoms with Crippen LogP contribution >= 0.6 is 0 Å². The van der Waals surface area contributed by atoms with Crippen molar-refractivity contribution in [1.29, 1.82) is 0 Å². The Labute approximate surface area is 129 Å². The average Bonchev–Trinajstić information content (AvgIpc) is 3.04. The second kappa shape index (κ2) is 6.43. The molecular formula is C18H17NO3. The van der Waals surface area contributed by atoms with Crippen molar-refractivity contribution in [1.82, 2.24) is 4.90 Å². The maximum absolute atomic E-state index is 11.4. The standard InChI is InChI=1S/C18H17NO3/c20-12-15-10-17(22-16-4-2-1-3-5-16)6-7-18(15)14-8-9-19(11-14)13-21/h1-7,10,12-14H,8-9,11H2. The molecule has 112 valence electrons. The molecule has 0 saturated carbocycles. The monoisotopic (exact) mass is 295 g/mol. The van der Waals surface area contributed by atoms with Crippen LogP contribution in [0.2, 0.25) is 0 Å². The van der Waals surface area contributed by atoms with E-state index in [1.807, 2.05) is 42.5 Å². The number of hydrogen-bond donors (Lipinski definition) is 0. The van der Waals surface area contributed by atoms with Gasteiger partial charge in [-0.05, 0) is 36.2 Å². The molecule has 1 unspecified atom stereocenters. The first kappa shape index (κ1) is 14.3. The van der Waals surface area contributed by atoms with E-state index in [-0.39, 0.29) is 5.92 Å². The molecule has 0 N–H and O–H groups in total. The van der Waals surface area contributed by atoms with E-state index in [1.165, 1.54) is 0 Å². The Morgan fingerprint density at radius 1 is 1.05 bits per heavy atom. The number of ether oxygens (including phenoxy) is 1. The summed E-state index contributed by atoms with van der Waals surface area (Å²) in [5.41, 5.74) is 1.62. The van der Waals surface area contributed by atoms with Gasteiger partial charge in [0.2, 0.25) is 6.41 Å². The third-order valence-corrected chi connectivity index (χ3v) is 3.97. The van der Waals surface area contributed by atoms with Gasteiger partial charge in [-0.15, -0.1) is 0 Å². The van der Waals surface area contributed by atoms with E-state index < -0.39 is 0 Å². The summed E-state index contributed by atoms with van der Waals surface area (Å²) in [4.78, 5) is 24.0. The van der Waals surface area contributed by atoms with Gasteiger partial charge >= 0.3 is 0 Å². The first-order chi connectivity index (χ1) is 10.8. The van der Waals surface area contributed by atoms with Gasteiger partial charge in [-0.25, -0.2) is 0 Å². The van der Waals surface area contributed by atoms with E-state index in [0.717, 1.165) is 37.0 Å². The predicted octanol–water partition coefficient (Wildman–Crippen LogP) is 3.24. The molecule has 0 aromatic heterocycles. The van der Waals surface area contributed by atoms with E-state index in [1.54, 1.807) is 11.0 Å². The Hall–Kier alpha value is -2.62. The minimum Gasteiger partial charge on any atom is -0.457 e. The molecule has 4 heteroatoms. The maximum Gasteiger partial charge on any atom is 0.209 e. The van der Waals surface area contributed by atoms with Crippen LogP contribution in [0.1, 0.15) is 28.3 Å². The molecule has 4 nitrogen and oxygen atoms in total. The summed E-state index contributed by atoms with van der Waals surface area (Å²) in [5.74, 6) is 1.60. The van der Waals surface area contributed by atoms with E-state index >= 15 is 0 Å². The number of hydrogen-bond acceptors (Lipinski definition) is 3. The number of benzene rings is 2. The molecule has 0 aliphatic carbocycles. The molecule has 1 aliphatic heterocycles. The Kier molecular flexibility index (Phi) is 4.19. The van der Waals surface area contributed by atoms with E-state index in [9.17, 15) is 9.59 Å². The molecule has 1 heterocycles. The zero-order chi connectivity index (χ0) is 15.4. The fourth-order valence-electron chi connectivity index (χ4n) is 2.85. The Morgan fingerprint density at radius 2 is 1.86 bits per heavy atom. The first-order valence-electron chi connectivity index (χ1n) is 7.31. The SMILES string of the molecule is O=Cc1cc(Oc2ccccc2)ccc1C1CCN(C=O)C1. The third kappa shape index (κ3) is 3.01. The summed E-state index contributed by atoms with van der Waals surface area (Å²) in [6, 6.07) is 15.0. The summed E-state index contributed by atoms with van der Waals surface area (Å²) in [7, 11) is 0. The third-order valence-electron chi connectivity index (χ3n) is 3.97. The second-order valence-corrected chi connectivity index (χ2v) is 5.41. The zero-order valence-electron chi connectivity index (χ0n) is 12.1. The van der Waals surface area contributed by atoms with Crippen molar-refractivity contribution in [3.8, 4) is 11.5 Å². The van der Waals surface area contributed by atoms with Crippen LogP contribution < -0.4 is 4.74 Å². The minimum atomic E-state index is 0.219. The highest BCUT2D eigenvalue weighted by molar-refractivity contribution is 5.78. The molecule has 3 rings (SSSR count). The molecule has 1 saturated heterocycles. The first-order valence-corrected chi connectivity index (χ1v) is 7.31. The normalized spacial score (nSPS) is 17.3. The number of amides is 1. The highest BCUT2D eigenvalue weighted by atomic mass is 16.5. The van der Waals surface area contributed by atoms with Gasteiger partial charge in [-0.1, -0.05) is 24.3 Å². The Morgan fingerprint density at radius 3 is 2.55 bits per heavy atom. The molecule has 22 heavy (non-hydrogen) atoms. The van der Waals surface area contributed by atoms with Crippen molar-refractivity contribution in [3.05, 3.63) is 59.7 Å². The molecule has 0 bridgehead atoms. The van der Waals surface area contributed by atoms with Crippen LogP contribution in [-0.2, 0) is 4.79 Å². The fourth-order valence-corrected chi connectivity index (χ4v) is 2.85. The molecular weight excluding hydrogens is 278 g/mol. The lowest BCUT2D eigenvalue weighted by atomic mass is 9.94. The fraction of sp³-hybridized carbons (Fsp3) is 0.222. The number of para-hydroxylation sites is 1. The number of aldehydes is 1. The highest BCUT2D eigenvalue weighted by Gasteiger charge is 2.24. The largest absolute Gasteiger partial charge is 0.457 e. The van der Waals surface area contributed by atoms with Gasteiger partial charge in [0.25, 0.3) is 0 Å². The van der Waals surface area contributed by atoms with Gasteiger partial charge in [-0.2, -0.15) is 0 Å². The summed E-state index contributed by atoms with van der Waals surface area (Å²) >= 11 is 0. The average molecular weight is 295 g/mol. The van der Waals surface area contributed by atoms with Crippen molar-refractivity contribution in [3.63, 3.8) is 0 Å². The summed E-state index contributed by atoms with van der Waals surface area (Å²) in [5, 5.41) is 0. The van der Waals surface area contributed by atoms with Crippen LogP contribution in [0.4, 0.5) is 0 Å². The summed E-state index contributed by atoms with van der Waals surface area (Å²) < 4.78 is 5.76. The second-order valence-electron chi connectivity index (χ2n) is 5.41. The number of carbonyl (C=O) groups is 2. The topological polar surface area (TPSA) is 46.6 Å². The lowest BCUT2D eigenvalue weighted by Crippen LogP contribution is -2.17. The van der Waals surface area contributed by atoms with Gasteiger partial charge in [-0.3, -0.25) is 9.59 Å². The highest BCUT2D eigenvalue weighted by Crippen LogP contribution is 2.31. The molecule has 1 atom stereocenters. The molecule has 1 fully saturated rings. The van der Waals surface area contributed by atoms with Crippen molar-refractivity contribution in [2.45, 2.75) is 12.3 Å². The van der Waals surface area contributed by atoms with Crippen molar-refractivity contribution >= 4 is 12.7 Å². The van der Waals surface area contributed by atoms with Crippen LogP contribution in [0.15, 0.2) is 48.5 Å². The summed E-state index contributed by atoms with van der Waals surface area (Å²) in [6.45, 7) is 1.41. The quantitative estimate of drug-likeness (QED) is 0.796. The van der Waals surface area contributed by atoms with Crippen LogP contribution in [0.5, 0.6) is 11.5 Å². The molecule has 1 aliphatic rings. The lowest BCUT2D eigenvalue weighted by Gasteiger charge is -2.14. The maximum atomic E-state index is 11.4. The smallest absolute Gasteiger partial charge is 0.209 e. The minimum absolute atomic E-state index is 0.219. The number of likely N-dealkylation sites (tertiary alicyclic amines) is 1. The van der Waals surface area contributed by atoms with Gasteiger partial charge in [0.1, 0.15) is 17.8 Å². The van der Waals surface area contributed by atoms with Gasteiger partial charge in [0.15, 0.2) is 0 Å². The van der Waals surface area contributed by atoms with E-state index in [4.69, 9.17) is 4.74 Å². The Balaban J connectivity index is 1.82.